The lowest BCUT2D eigenvalue weighted by Crippen LogP contribution is -2.39. The van der Waals surface area contributed by atoms with Crippen LogP contribution in [0.25, 0.3) is 0 Å². The average molecular weight is 213 g/mol. The topological polar surface area (TPSA) is 48.3 Å². The van der Waals surface area contributed by atoms with E-state index in [1.807, 2.05) is 24.7 Å². The van der Waals surface area contributed by atoms with Crippen LogP contribution in [0.15, 0.2) is 12.5 Å². The summed E-state index contributed by atoms with van der Waals surface area (Å²) in [4.78, 5) is 4.05. The molecule has 5 heteroatoms. The molecule has 0 saturated carbocycles. The third-order valence-corrected chi connectivity index (χ3v) is 2.39. The highest BCUT2D eigenvalue weighted by atomic mass is 16.7. The third kappa shape index (κ3) is 3.30. The monoisotopic (exact) mass is 213 g/mol. The lowest BCUT2D eigenvalue weighted by atomic mass is 10.3. The summed E-state index contributed by atoms with van der Waals surface area (Å²) >= 11 is 0. The number of methoxy groups -OCH3 is 2. The quantitative estimate of drug-likeness (QED) is 0.700. The number of hydrogen-bond donors (Lipinski definition) is 1. The molecular formula is C10H19N3O2. The minimum atomic E-state index is -0.224. The van der Waals surface area contributed by atoms with Crippen LogP contribution in [-0.2, 0) is 23.1 Å². The van der Waals surface area contributed by atoms with Gasteiger partial charge in [-0.2, -0.15) is 0 Å². The van der Waals surface area contributed by atoms with Gasteiger partial charge >= 0.3 is 0 Å². The fourth-order valence-corrected chi connectivity index (χ4v) is 1.42. The van der Waals surface area contributed by atoms with Gasteiger partial charge in [0.25, 0.3) is 0 Å². The number of nitrogens with one attached hydrogen (secondary N) is 1. The van der Waals surface area contributed by atoms with Crippen molar-refractivity contribution in [2.45, 2.75) is 25.8 Å². The summed E-state index contributed by atoms with van der Waals surface area (Å²) in [5, 5.41) is 3.32. The van der Waals surface area contributed by atoms with Crippen LogP contribution in [0.3, 0.4) is 0 Å². The Labute approximate surface area is 90.4 Å². The normalized spacial score (nSPS) is 13.4. The van der Waals surface area contributed by atoms with Gasteiger partial charge in [0.2, 0.25) is 0 Å². The Morgan fingerprint density at radius 1 is 1.47 bits per heavy atom. The average Bonchev–Trinajstić information content (AvgIpc) is 2.63. The molecule has 0 aliphatic rings. The fourth-order valence-electron chi connectivity index (χ4n) is 1.42. The molecule has 5 nitrogen and oxygen atoms in total. The van der Waals surface area contributed by atoms with Gasteiger partial charge in [0.05, 0.1) is 18.1 Å². The highest BCUT2D eigenvalue weighted by Crippen LogP contribution is 2.01. The van der Waals surface area contributed by atoms with E-state index in [-0.39, 0.29) is 12.3 Å². The molecule has 1 rings (SSSR count). The van der Waals surface area contributed by atoms with Crippen molar-refractivity contribution in [2.75, 3.05) is 14.2 Å². The van der Waals surface area contributed by atoms with E-state index in [9.17, 15) is 0 Å². The number of hydrogen-bond acceptors (Lipinski definition) is 4. The summed E-state index contributed by atoms with van der Waals surface area (Å²) in [6.45, 7) is 2.77. The smallest absolute Gasteiger partial charge is 0.171 e. The SMILES string of the molecule is COC(OC)C(C)NCc1cncn1C. The van der Waals surface area contributed by atoms with Crippen LogP contribution < -0.4 is 5.32 Å². The Balaban J connectivity index is 2.40. The zero-order valence-electron chi connectivity index (χ0n) is 9.73. The highest BCUT2D eigenvalue weighted by Gasteiger charge is 2.15. The van der Waals surface area contributed by atoms with Gasteiger partial charge in [0.1, 0.15) is 0 Å². The second-order valence-electron chi connectivity index (χ2n) is 3.51. The number of rotatable bonds is 6. The van der Waals surface area contributed by atoms with Crippen LogP contribution in [0.1, 0.15) is 12.6 Å². The van der Waals surface area contributed by atoms with Crippen molar-refractivity contribution in [2.24, 2.45) is 7.05 Å². The van der Waals surface area contributed by atoms with E-state index in [2.05, 4.69) is 10.3 Å². The van der Waals surface area contributed by atoms with E-state index >= 15 is 0 Å². The molecular weight excluding hydrogens is 194 g/mol. The number of aryl methyl sites for hydroxylation is 1. The largest absolute Gasteiger partial charge is 0.354 e. The van der Waals surface area contributed by atoms with Gasteiger partial charge in [-0.05, 0) is 6.92 Å². The van der Waals surface area contributed by atoms with Crippen molar-refractivity contribution < 1.29 is 9.47 Å². The van der Waals surface area contributed by atoms with Crippen LogP contribution in [0.4, 0.5) is 0 Å². The molecule has 0 fully saturated rings. The first-order valence-corrected chi connectivity index (χ1v) is 4.93. The number of imidazole rings is 1. The maximum Gasteiger partial charge on any atom is 0.171 e. The van der Waals surface area contributed by atoms with Crippen LogP contribution in [0.5, 0.6) is 0 Å². The standard InChI is InChI=1S/C10H19N3O2/c1-8(10(14-3)15-4)12-6-9-5-11-7-13(9)2/h5,7-8,10,12H,6H2,1-4H3. The van der Waals surface area contributed by atoms with Gasteiger partial charge in [-0.15, -0.1) is 0 Å². The molecule has 86 valence electrons. The minimum absolute atomic E-state index is 0.134. The number of ether oxygens (including phenoxy) is 2. The summed E-state index contributed by atoms with van der Waals surface area (Å²) in [5.74, 6) is 0. The zero-order valence-corrected chi connectivity index (χ0v) is 9.73. The third-order valence-electron chi connectivity index (χ3n) is 2.39. The Bertz CT molecular complexity index is 284. The van der Waals surface area contributed by atoms with E-state index in [0.717, 1.165) is 12.2 Å². The molecule has 0 radical (unpaired) electrons. The van der Waals surface area contributed by atoms with Crippen LogP contribution in [0.2, 0.25) is 0 Å². The molecule has 0 spiro atoms. The first-order chi connectivity index (χ1) is 7.19. The summed E-state index contributed by atoms with van der Waals surface area (Å²) in [5.41, 5.74) is 1.13. The highest BCUT2D eigenvalue weighted by molar-refractivity contribution is 4.97. The fraction of sp³-hybridized carbons (Fsp3) is 0.700. The Hall–Kier alpha value is -0.910. The lowest BCUT2D eigenvalue weighted by molar-refractivity contribution is -0.119. The predicted molar refractivity (Wildman–Crippen MR) is 57.3 cm³/mol. The molecule has 0 aromatic carbocycles. The minimum Gasteiger partial charge on any atom is -0.354 e. The molecule has 1 aromatic rings. The molecule has 1 N–H and O–H groups in total. The van der Waals surface area contributed by atoms with Gasteiger partial charge in [-0.3, -0.25) is 0 Å². The number of nitrogens with zero attached hydrogens (tertiary/aromatic N) is 2. The molecule has 0 bridgehead atoms. The van der Waals surface area contributed by atoms with E-state index < -0.39 is 0 Å². The molecule has 1 heterocycles. The first kappa shape index (κ1) is 12.2. The lowest BCUT2D eigenvalue weighted by Gasteiger charge is -2.22. The Morgan fingerprint density at radius 2 is 2.13 bits per heavy atom. The second-order valence-corrected chi connectivity index (χ2v) is 3.51. The summed E-state index contributed by atoms with van der Waals surface area (Å²) in [7, 11) is 5.24. The molecule has 15 heavy (non-hydrogen) atoms. The van der Waals surface area contributed by atoms with Crippen LogP contribution >= 0.6 is 0 Å². The summed E-state index contributed by atoms with van der Waals surface area (Å²) in [6.07, 6.45) is 3.40. The second kappa shape index (κ2) is 5.85. The van der Waals surface area contributed by atoms with E-state index in [0.29, 0.717) is 0 Å². The van der Waals surface area contributed by atoms with E-state index in [4.69, 9.17) is 9.47 Å². The summed E-state index contributed by atoms with van der Waals surface area (Å²) in [6, 6.07) is 0.134. The molecule has 0 saturated heterocycles. The first-order valence-electron chi connectivity index (χ1n) is 4.93. The van der Waals surface area contributed by atoms with Crippen molar-refractivity contribution in [1.82, 2.24) is 14.9 Å². The van der Waals surface area contributed by atoms with Gasteiger partial charge in [0.15, 0.2) is 6.29 Å². The summed E-state index contributed by atoms with van der Waals surface area (Å²) < 4.78 is 12.3. The Kier molecular flexibility index (Phi) is 4.74. The molecule has 1 aromatic heterocycles. The molecule has 0 aliphatic heterocycles. The number of aromatic nitrogens is 2. The van der Waals surface area contributed by atoms with Crippen molar-refractivity contribution in [3.05, 3.63) is 18.2 Å². The molecule has 0 aliphatic carbocycles. The van der Waals surface area contributed by atoms with Crippen LogP contribution in [-0.4, -0.2) is 36.1 Å². The maximum absolute atomic E-state index is 5.15. The van der Waals surface area contributed by atoms with E-state index in [1.54, 1.807) is 20.5 Å². The van der Waals surface area contributed by atoms with Crippen molar-refractivity contribution >= 4 is 0 Å². The van der Waals surface area contributed by atoms with Crippen LogP contribution in [0, 0.1) is 0 Å². The molecule has 1 unspecified atom stereocenters. The molecule has 0 amide bonds. The van der Waals surface area contributed by atoms with Crippen molar-refractivity contribution in [3.8, 4) is 0 Å². The van der Waals surface area contributed by atoms with Gasteiger partial charge in [-0.1, -0.05) is 0 Å². The maximum atomic E-state index is 5.15. The molecule has 1 atom stereocenters. The zero-order chi connectivity index (χ0) is 11.3. The van der Waals surface area contributed by atoms with Crippen molar-refractivity contribution in [1.29, 1.82) is 0 Å². The van der Waals surface area contributed by atoms with E-state index in [1.165, 1.54) is 0 Å². The van der Waals surface area contributed by atoms with Gasteiger partial charge < -0.3 is 19.4 Å². The van der Waals surface area contributed by atoms with Gasteiger partial charge in [-0.25, -0.2) is 4.98 Å². The Morgan fingerprint density at radius 3 is 2.60 bits per heavy atom. The van der Waals surface area contributed by atoms with Gasteiger partial charge in [0, 0.05) is 34.0 Å². The predicted octanol–water partition coefficient (Wildman–Crippen LogP) is 0.517. The van der Waals surface area contributed by atoms with Crippen molar-refractivity contribution in [3.63, 3.8) is 0 Å².